The number of hydrogen-bond donors (Lipinski definition) is 4. The van der Waals surface area contributed by atoms with Crippen molar-refractivity contribution in [2.75, 3.05) is 98.2 Å². The molecule has 0 amide bonds. The van der Waals surface area contributed by atoms with Crippen LogP contribution in [-0.4, -0.2) is 168 Å². The number of fused-ring (bicyclic) bond motifs is 4. The maximum Gasteiger partial charge on any atom is 0.127 e. The zero-order valence-corrected chi connectivity index (χ0v) is 75.7. The molecule has 16 nitrogen and oxygen atoms in total. The van der Waals surface area contributed by atoms with E-state index in [0.717, 1.165) is 92.2 Å². The minimum absolute atomic E-state index is 0.411. The van der Waals surface area contributed by atoms with Crippen molar-refractivity contribution in [2.45, 2.75) is 325 Å². The average molecular weight is 1690 g/mol. The fourth-order valence-electron chi connectivity index (χ4n) is 24.4. The number of aromatic nitrogens is 8. The van der Waals surface area contributed by atoms with Crippen LogP contribution in [0.3, 0.4) is 0 Å². The second-order valence-corrected chi connectivity index (χ2v) is 40.1. The van der Waals surface area contributed by atoms with Gasteiger partial charge in [-0.2, -0.15) is 0 Å². The Labute approximate surface area is 729 Å². The highest BCUT2D eigenvalue weighted by molar-refractivity contribution is 9.10. The second-order valence-electron chi connectivity index (χ2n) is 39.2. The molecule has 17 heteroatoms. The first-order valence-corrected chi connectivity index (χ1v) is 50.5. The molecule has 7 atom stereocenters. The van der Waals surface area contributed by atoms with Crippen LogP contribution in [0.4, 0.5) is 0 Å². The fourth-order valence-corrected chi connectivity index (χ4v) is 24.7. The molecule has 11 aliphatic rings. The number of rotatable bonds is 16. The predicted molar refractivity (Wildman–Crippen MR) is 502 cm³/mol. The summed E-state index contributed by atoms with van der Waals surface area (Å²) in [5, 5.41) is 14.6. The molecule has 12 heterocycles. The van der Waals surface area contributed by atoms with Crippen LogP contribution in [0.15, 0.2) is 126 Å². The summed E-state index contributed by atoms with van der Waals surface area (Å²) >= 11 is 3.71. The van der Waals surface area contributed by atoms with Gasteiger partial charge in [0.1, 0.15) is 23.3 Å². The van der Waals surface area contributed by atoms with Crippen molar-refractivity contribution in [3.05, 3.63) is 155 Å². The van der Waals surface area contributed by atoms with E-state index in [9.17, 15) is 0 Å². The Kier molecular flexibility index (Phi) is 30.8. The van der Waals surface area contributed by atoms with Gasteiger partial charge in [-0.3, -0.25) is 4.90 Å². The van der Waals surface area contributed by atoms with E-state index in [2.05, 4.69) is 217 Å². The number of nitrogens with one attached hydrogen (secondary N) is 4. The molecule has 650 valence electrons. The molecule has 0 bridgehead atoms. The van der Waals surface area contributed by atoms with Crippen LogP contribution in [-0.2, 0) is 0 Å². The summed E-state index contributed by atoms with van der Waals surface area (Å²) < 4.78 is 11.7. The summed E-state index contributed by atoms with van der Waals surface area (Å²) in [6.07, 6.45) is 50.5. The number of para-hydroxylation sites is 6. The molecule has 8 saturated heterocycles. The Morgan fingerprint density at radius 1 is 0.333 bits per heavy atom. The van der Waals surface area contributed by atoms with Gasteiger partial charge in [0.2, 0.25) is 0 Å². The average Bonchev–Trinajstić information content (AvgIpc) is 1.63. The third kappa shape index (κ3) is 21.1. The number of benzene rings is 5. The van der Waals surface area contributed by atoms with Crippen molar-refractivity contribution in [3.63, 3.8) is 0 Å². The Hall–Kier alpha value is -5.86. The van der Waals surface area contributed by atoms with Crippen LogP contribution < -0.4 is 21.3 Å². The fraction of sp³-hybridized carbons (Fsp3) is 0.670. The molecular formula is C103H151BrN16. The van der Waals surface area contributed by atoms with E-state index in [1.54, 1.807) is 0 Å². The van der Waals surface area contributed by atoms with E-state index >= 15 is 0 Å². The molecule has 0 spiro atoms. The van der Waals surface area contributed by atoms with E-state index in [1.165, 1.54) is 351 Å². The molecule has 4 aromatic heterocycles. The van der Waals surface area contributed by atoms with Crippen molar-refractivity contribution >= 4 is 60.1 Å². The molecular weight excluding hydrogens is 1540 g/mol. The van der Waals surface area contributed by atoms with Crippen LogP contribution in [0.1, 0.15) is 341 Å². The normalized spacial score (nSPS) is 25.4. The molecule has 3 unspecified atom stereocenters. The summed E-state index contributed by atoms with van der Waals surface area (Å²) in [6, 6.07) is 49.0. The van der Waals surface area contributed by atoms with Crippen molar-refractivity contribution in [1.29, 1.82) is 0 Å². The third-order valence-electron chi connectivity index (χ3n) is 31.5. The maximum atomic E-state index is 5.17. The molecule has 5 aromatic carbocycles. The lowest BCUT2D eigenvalue weighted by Crippen LogP contribution is -2.44. The maximum absolute atomic E-state index is 5.17. The lowest BCUT2D eigenvalue weighted by atomic mass is 9.85. The minimum Gasteiger partial charge on any atom is -0.324 e. The highest BCUT2D eigenvalue weighted by Gasteiger charge is 2.38. The van der Waals surface area contributed by atoms with Gasteiger partial charge in [-0.15, -0.1) is 0 Å². The summed E-state index contributed by atoms with van der Waals surface area (Å²) in [7, 11) is 0. The lowest BCUT2D eigenvalue weighted by Gasteiger charge is -2.41. The molecule has 9 aromatic rings. The standard InChI is InChI=1S/C27H42N4.C26H39BrN4.C26H40N4.C24H30N4/c1-21(22-10-5-3-2-4-6-11-22)30-18-15-24(16-19-30)31-26-14-8-7-13-25(26)29-27(31)23-12-9-17-28-20-23;27-22-10-11-24-25(17-22)31(26(29-24)21-9-6-14-28-18-21)23-12-15-30(16-13-23)19-20-7-4-2-1-3-5-8-20;1-20(21-10-5-3-2-4-6-11-21)29-18-15-22(16-19-29)30-25-14-8-7-12-23(25)28-26(30)24-13-9-17-27-24;1-18(19-8-3-2-4-9-19)27-16-13-20(14-17-27)28-23-12-6-5-10-21(23)26-24(28)22-11-7-15-25-22/h7-8,13-14,21-24,28H,2-6,9-12,15-20H2,1H3;10-11,17,20-21,23,28H,1-9,12-16,18-19H2;7-8,12,14,20-22,24,27H,2-6,9-11,13,15-19H2,1H3;2-6,8-10,12,18,20,22,25H,7,11,13-17H2,1H3/t21?,23-;21-;20?,24-;18?,22-/m1100/s1. The lowest BCUT2D eigenvalue weighted by molar-refractivity contribution is 0.0954. The molecule has 0 radical (unpaired) electrons. The third-order valence-corrected chi connectivity index (χ3v) is 32.0. The quantitative estimate of drug-likeness (QED) is 0.0734. The van der Waals surface area contributed by atoms with E-state index in [1.807, 2.05) is 0 Å². The van der Waals surface area contributed by atoms with Gasteiger partial charge >= 0.3 is 0 Å². The molecule has 3 aliphatic carbocycles. The first-order chi connectivity index (χ1) is 59.2. The summed E-state index contributed by atoms with van der Waals surface area (Å²) in [5.41, 5.74) is 11.4. The summed E-state index contributed by atoms with van der Waals surface area (Å²) in [5.74, 6) is 9.10. The highest BCUT2D eigenvalue weighted by atomic mass is 79.9. The zero-order chi connectivity index (χ0) is 81.4. The van der Waals surface area contributed by atoms with Crippen molar-refractivity contribution < 1.29 is 0 Å². The van der Waals surface area contributed by atoms with E-state index in [-0.39, 0.29) is 0 Å². The van der Waals surface area contributed by atoms with Gasteiger partial charge in [0, 0.05) is 131 Å². The number of imidazole rings is 4. The first-order valence-electron chi connectivity index (χ1n) is 49.7. The summed E-state index contributed by atoms with van der Waals surface area (Å²) in [6.45, 7) is 25.2. The van der Waals surface area contributed by atoms with Gasteiger partial charge in [0.05, 0.1) is 56.2 Å². The van der Waals surface area contributed by atoms with Crippen LogP contribution in [0.2, 0.25) is 0 Å². The van der Waals surface area contributed by atoms with Gasteiger partial charge in [0.25, 0.3) is 0 Å². The van der Waals surface area contributed by atoms with E-state index in [4.69, 9.17) is 19.9 Å². The Morgan fingerprint density at radius 2 is 0.692 bits per heavy atom. The second kappa shape index (κ2) is 42.9. The van der Waals surface area contributed by atoms with Gasteiger partial charge in [-0.05, 0) is 266 Å². The van der Waals surface area contributed by atoms with Crippen molar-refractivity contribution in [2.24, 2.45) is 17.8 Å². The number of halogens is 1. The molecule has 120 heavy (non-hydrogen) atoms. The Bertz CT molecular complexity index is 4540. The van der Waals surface area contributed by atoms with Gasteiger partial charge < -0.3 is 54.2 Å². The van der Waals surface area contributed by atoms with Crippen LogP contribution in [0, 0.1) is 17.8 Å². The minimum atomic E-state index is 0.411. The molecule has 3 saturated carbocycles. The SMILES string of the molecule is Brc1ccc2nc([C@@H]3CCCNC3)n(C3CCN(CC4CCCCCCC4)CC3)c2c1.CC(C1CCCCCCC1)N1CCC(n2c([C@@H]3CCCN3)nc3ccccc32)CC1.CC(C1CCCCCCC1)N1CCC(n2c([C@@H]3CCCNC3)nc3ccccc32)CC1.CC(c1ccccc1)N1CCC(n2c([C@@H]3CCCN3)nc3ccccc32)CC1. The first kappa shape index (κ1) is 86.3. The Balaban J connectivity index is 0.000000114. The number of likely N-dealkylation sites (tertiary alicyclic amines) is 4. The van der Waals surface area contributed by atoms with Crippen LogP contribution in [0.25, 0.3) is 44.1 Å². The van der Waals surface area contributed by atoms with E-state index < -0.39 is 0 Å². The Morgan fingerprint density at radius 3 is 1.11 bits per heavy atom. The zero-order valence-electron chi connectivity index (χ0n) is 74.1. The van der Waals surface area contributed by atoms with Crippen LogP contribution >= 0.6 is 15.9 Å². The van der Waals surface area contributed by atoms with Crippen molar-refractivity contribution in [3.8, 4) is 0 Å². The predicted octanol–water partition coefficient (Wildman–Crippen LogP) is 22.9. The summed E-state index contributed by atoms with van der Waals surface area (Å²) in [4.78, 5) is 31.6. The number of nitrogens with zero attached hydrogens (tertiary/aromatic N) is 12. The van der Waals surface area contributed by atoms with Gasteiger partial charge in [-0.1, -0.05) is 179 Å². The molecule has 20 rings (SSSR count). The highest BCUT2D eigenvalue weighted by Crippen LogP contribution is 2.43. The number of hydrogen-bond acceptors (Lipinski definition) is 12. The van der Waals surface area contributed by atoms with Gasteiger partial charge in [0.15, 0.2) is 0 Å². The van der Waals surface area contributed by atoms with Crippen LogP contribution in [0.5, 0.6) is 0 Å². The molecule has 8 aliphatic heterocycles. The monoisotopic (exact) mass is 1690 g/mol. The molecule has 11 fully saturated rings. The van der Waals surface area contributed by atoms with Gasteiger partial charge in [-0.25, -0.2) is 19.9 Å². The van der Waals surface area contributed by atoms with E-state index in [0.29, 0.717) is 54.1 Å². The molecule has 4 N–H and O–H groups in total. The topological polar surface area (TPSA) is 132 Å². The van der Waals surface area contributed by atoms with Crippen molar-refractivity contribution in [1.82, 2.24) is 79.1 Å². The number of piperidine rings is 6. The largest absolute Gasteiger partial charge is 0.324 e. The smallest absolute Gasteiger partial charge is 0.127 e.